The lowest BCUT2D eigenvalue weighted by atomic mass is 9.88. The van der Waals surface area contributed by atoms with Crippen molar-refractivity contribution in [1.82, 2.24) is 14.8 Å². The summed E-state index contributed by atoms with van der Waals surface area (Å²) in [6.07, 6.45) is 8.20. The summed E-state index contributed by atoms with van der Waals surface area (Å²) in [5.41, 5.74) is 1.39. The molecule has 0 aromatic carbocycles. The third kappa shape index (κ3) is 3.34. The summed E-state index contributed by atoms with van der Waals surface area (Å²) in [4.78, 5) is 9.41. The molecule has 120 valence electrons. The quantitative estimate of drug-likeness (QED) is 0.851. The Labute approximate surface area is 133 Å². The summed E-state index contributed by atoms with van der Waals surface area (Å²) in [7, 11) is 0. The maximum atomic E-state index is 5.81. The number of hydrogen-bond donors (Lipinski definition) is 0. The average molecular weight is 301 g/mol. The minimum Gasteiger partial charge on any atom is -0.377 e. The molecule has 0 radical (unpaired) electrons. The molecule has 3 aliphatic rings. The molecular weight excluding hydrogens is 274 g/mol. The first-order valence-electron chi connectivity index (χ1n) is 8.82. The van der Waals surface area contributed by atoms with Crippen LogP contribution in [0.2, 0.25) is 0 Å². The Morgan fingerprint density at radius 3 is 2.68 bits per heavy atom. The Kier molecular flexibility index (Phi) is 4.42. The van der Waals surface area contributed by atoms with Crippen LogP contribution in [0, 0.1) is 11.8 Å². The van der Waals surface area contributed by atoms with Gasteiger partial charge in [-0.2, -0.15) is 0 Å². The molecule has 4 heteroatoms. The fourth-order valence-electron chi connectivity index (χ4n) is 4.46. The van der Waals surface area contributed by atoms with Gasteiger partial charge in [-0.25, -0.2) is 0 Å². The summed E-state index contributed by atoms with van der Waals surface area (Å²) in [6, 6.07) is 4.29. The van der Waals surface area contributed by atoms with E-state index < -0.39 is 0 Å². The molecule has 4 nitrogen and oxygen atoms in total. The van der Waals surface area contributed by atoms with Gasteiger partial charge >= 0.3 is 0 Å². The fourth-order valence-corrected chi connectivity index (χ4v) is 4.46. The van der Waals surface area contributed by atoms with Gasteiger partial charge in [0.2, 0.25) is 0 Å². The highest BCUT2D eigenvalue weighted by molar-refractivity contribution is 5.10. The first kappa shape index (κ1) is 14.6. The number of nitrogens with zero attached hydrogens (tertiary/aromatic N) is 3. The molecule has 0 bridgehead atoms. The maximum absolute atomic E-state index is 5.81. The van der Waals surface area contributed by atoms with Crippen molar-refractivity contribution in [2.45, 2.75) is 31.9 Å². The van der Waals surface area contributed by atoms with Crippen LogP contribution in [0.3, 0.4) is 0 Å². The number of pyridine rings is 1. The number of fused-ring (bicyclic) bond motifs is 1. The van der Waals surface area contributed by atoms with Gasteiger partial charge in [0.15, 0.2) is 0 Å². The van der Waals surface area contributed by atoms with Crippen molar-refractivity contribution in [2.75, 3.05) is 39.3 Å². The topological polar surface area (TPSA) is 28.6 Å². The van der Waals surface area contributed by atoms with Crippen LogP contribution >= 0.6 is 0 Å². The number of piperidine rings is 1. The molecule has 4 rings (SSSR count). The van der Waals surface area contributed by atoms with E-state index in [1.165, 1.54) is 51.0 Å². The van der Waals surface area contributed by atoms with Crippen molar-refractivity contribution in [1.29, 1.82) is 0 Å². The van der Waals surface area contributed by atoms with E-state index >= 15 is 0 Å². The first-order valence-corrected chi connectivity index (χ1v) is 8.82. The minimum absolute atomic E-state index is 0.505. The maximum Gasteiger partial charge on any atom is 0.0702 e. The first-order chi connectivity index (χ1) is 10.9. The highest BCUT2D eigenvalue weighted by atomic mass is 16.5. The smallest absolute Gasteiger partial charge is 0.0702 e. The summed E-state index contributed by atoms with van der Waals surface area (Å²) in [6.45, 7) is 8.30. The zero-order valence-electron chi connectivity index (χ0n) is 13.4. The van der Waals surface area contributed by atoms with Crippen molar-refractivity contribution >= 4 is 0 Å². The molecule has 3 saturated heterocycles. The summed E-state index contributed by atoms with van der Waals surface area (Å²) < 4.78 is 5.81. The molecule has 1 unspecified atom stereocenters. The highest BCUT2D eigenvalue weighted by Crippen LogP contribution is 2.32. The third-order valence-electron chi connectivity index (χ3n) is 5.60. The third-order valence-corrected chi connectivity index (χ3v) is 5.60. The molecule has 0 N–H and O–H groups in total. The molecular formula is C18H27N3O. The van der Waals surface area contributed by atoms with Crippen molar-refractivity contribution in [3.8, 4) is 0 Å². The second kappa shape index (κ2) is 6.65. The lowest BCUT2D eigenvalue weighted by Gasteiger charge is -2.35. The van der Waals surface area contributed by atoms with Gasteiger partial charge in [0.1, 0.15) is 0 Å². The molecule has 1 aromatic rings. The van der Waals surface area contributed by atoms with Gasteiger partial charge < -0.3 is 9.64 Å². The van der Waals surface area contributed by atoms with Gasteiger partial charge in [0.05, 0.1) is 6.10 Å². The van der Waals surface area contributed by atoms with Gasteiger partial charge in [0, 0.05) is 51.7 Å². The van der Waals surface area contributed by atoms with E-state index in [1.54, 1.807) is 0 Å². The van der Waals surface area contributed by atoms with Crippen LogP contribution in [0.25, 0.3) is 0 Å². The molecule has 4 heterocycles. The molecule has 3 atom stereocenters. The van der Waals surface area contributed by atoms with Crippen molar-refractivity contribution in [2.24, 2.45) is 11.8 Å². The Balaban J connectivity index is 1.29. The van der Waals surface area contributed by atoms with Gasteiger partial charge in [-0.05, 0) is 55.3 Å². The van der Waals surface area contributed by atoms with Gasteiger partial charge in [0.25, 0.3) is 0 Å². The molecule has 1 aromatic heterocycles. The molecule has 0 amide bonds. The fraction of sp³-hybridized carbons (Fsp3) is 0.722. The van der Waals surface area contributed by atoms with E-state index in [0.717, 1.165) is 31.5 Å². The number of aromatic nitrogens is 1. The molecule has 22 heavy (non-hydrogen) atoms. The number of rotatable bonds is 4. The van der Waals surface area contributed by atoms with Crippen LogP contribution in [-0.2, 0) is 11.3 Å². The van der Waals surface area contributed by atoms with Gasteiger partial charge in [-0.1, -0.05) is 0 Å². The van der Waals surface area contributed by atoms with Crippen molar-refractivity contribution in [3.05, 3.63) is 30.1 Å². The van der Waals surface area contributed by atoms with Crippen LogP contribution < -0.4 is 0 Å². The van der Waals surface area contributed by atoms with Crippen LogP contribution in [0.5, 0.6) is 0 Å². The number of ether oxygens (including phenoxy) is 1. The predicted molar refractivity (Wildman–Crippen MR) is 86.5 cm³/mol. The van der Waals surface area contributed by atoms with E-state index in [9.17, 15) is 0 Å². The van der Waals surface area contributed by atoms with Crippen LogP contribution in [0.1, 0.15) is 24.8 Å². The second-order valence-corrected chi connectivity index (χ2v) is 7.25. The second-order valence-electron chi connectivity index (χ2n) is 7.25. The van der Waals surface area contributed by atoms with E-state index in [-0.39, 0.29) is 0 Å². The highest BCUT2D eigenvalue weighted by Gasteiger charge is 2.37. The molecule has 0 spiro atoms. The van der Waals surface area contributed by atoms with Crippen LogP contribution in [0.15, 0.2) is 24.5 Å². The summed E-state index contributed by atoms with van der Waals surface area (Å²) in [5.74, 6) is 1.76. The Bertz CT molecular complexity index is 474. The molecule has 0 saturated carbocycles. The largest absolute Gasteiger partial charge is 0.377 e. The van der Waals surface area contributed by atoms with Crippen molar-refractivity contribution < 1.29 is 4.74 Å². The number of hydrogen-bond acceptors (Lipinski definition) is 4. The minimum atomic E-state index is 0.505. The van der Waals surface area contributed by atoms with Crippen LogP contribution in [0.4, 0.5) is 0 Å². The molecule has 0 aliphatic carbocycles. The lowest BCUT2D eigenvalue weighted by molar-refractivity contribution is 0.0507. The lowest BCUT2D eigenvalue weighted by Crippen LogP contribution is -2.43. The summed E-state index contributed by atoms with van der Waals surface area (Å²) >= 11 is 0. The predicted octanol–water partition coefficient (Wildman–Crippen LogP) is 2.01. The summed E-state index contributed by atoms with van der Waals surface area (Å²) in [5, 5.41) is 0. The molecule has 3 fully saturated rings. The average Bonchev–Trinajstić information content (AvgIpc) is 3.17. The van der Waals surface area contributed by atoms with E-state index in [0.29, 0.717) is 6.10 Å². The Morgan fingerprint density at radius 2 is 1.86 bits per heavy atom. The van der Waals surface area contributed by atoms with Gasteiger partial charge in [-0.3, -0.25) is 9.88 Å². The van der Waals surface area contributed by atoms with Gasteiger partial charge in [-0.15, -0.1) is 0 Å². The Morgan fingerprint density at radius 1 is 1.05 bits per heavy atom. The zero-order chi connectivity index (χ0) is 14.8. The monoisotopic (exact) mass is 301 g/mol. The van der Waals surface area contributed by atoms with Crippen molar-refractivity contribution in [3.63, 3.8) is 0 Å². The van der Waals surface area contributed by atoms with E-state index in [1.807, 2.05) is 12.4 Å². The normalized spacial score (nSPS) is 33.2. The number of likely N-dealkylation sites (tertiary alicyclic amines) is 2. The van der Waals surface area contributed by atoms with E-state index in [2.05, 4.69) is 26.9 Å². The zero-order valence-corrected chi connectivity index (χ0v) is 13.4. The van der Waals surface area contributed by atoms with Crippen LogP contribution in [-0.4, -0.2) is 60.2 Å². The Hall–Kier alpha value is -0.970. The molecule has 3 aliphatic heterocycles. The SMILES string of the molecule is c1cc(CN2C[C@H]3CN(CC4CCCO4)CC[C@H]3C2)ccn1. The van der Waals surface area contributed by atoms with E-state index in [4.69, 9.17) is 4.74 Å². The standard InChI is InChI=1S/C18H27N3O/c1-2-18(22-9-1)14-20-8-5-16-11-21(13-17(16)12-20)10-15-3-6-19-7-4-15/h3-4,6-7,16-18H,1-2,5,8-14H2/t16-,17+,18?/m0/s1.